The van der Waals surface area contributed by atoms with Gasteiger partial charge in [0.15, 0.2) is 6.61 Å². The summed E-state index contributed by atoms with van der Waals surface area (Å²) >= 11 is 0. The molecule has 0 saturated heterocycles. The number of ether oxygens (including phenoxy) is 2. The first kappa shape index (κ1) is 17.9. The molecule has 0 saturated carbocycles. The van der Waals surface area contributed by atoms with Crippen LogP contribution in [0, 0.1) is 0 Å². The molecule has 0 aliphatic heterocycles. The number of hydrogen-bond donors (Lipinski definition) is 1. The van der Waals surface area contributed by atoms with E-state index in [0.717, 1.165) is 18.6 Å². The maximum Gasteiger partial charge on any atom is 0.262 e. The number of anilines is 1. The number of carbonyl (C=O) groups is 1. The fourth-order valence-electron chi connectivity index (χ4n) is 2.13. The van der Waals surface area contributed by atoms with Gasteiger partial charge in [-0.05, 0) is 49.6 Å². The van der Waals surface area contributed by atoms with Crippen LogP contribution in [0.3, 0.4) is 0 Å². The fourth-order valence-corrected chi connectivity index (χ4v) is 2.13. The Kier molecular flexibility index (Phi) is 6.67. The summed E-state index contributed by atoms with van der Waals surface area (Å²) in [4.78, 5) is 12.0. The molecule has 0 heterocycles. The third kappa shape index (κ3) is 5.61. The fraction of sp³-hybridized carbons (Fsp3) is 0.350. The molecule has 4 nitrogen and oxygen atoms in total. The molecule has 128 valence electrons. The topological polar surface area (TPSA) is 47.6 Å². The van der Waals surface area contributed by atoms with Crippen molar-refractivity contribution in [3.05, 3.63) is 54.1 Å². The van der Waals surface area contributed by atoms with Gasteiger partial charge in [-0.25, -0.2) is 0 Å². The van der Waals surface area contributed by atoms with E-state index in [0.29, 0.717) is 11.4 Å². The highest BCUT2D eigenvalue weighted by Crippen LogP contribution is 2.19. The summed E-state index contributed by atoms with van der Waals surface area (Å²) in [6.45, 7) is 6.16. The number of nitrogens with one attached hydrogen (secondary N) is 1. The predicted molar refractivity (Wildman–Crippen MR) is 96.8 cm³/mol. The van der Waals surface area contributed by atoms with Crippen LogP contribution in [0.5, 0.6) is 11.5 Å². The molecule has 2 rings (SSSR count). The van der Waals surface area contributed by atoms with Crippen LogP contribution in [-0.4, -0.2) is 18.6 Å². The number of hydrogen-bond acceptors (Lipinski definition) is 3. The Balaban J connectivity index is 1.86. The molecule has 1 amide bonds. The highest BCUT2D eigenvalue weighted by atomic mass is 16.5. The van der Waals surface area contributed by atoms with E-state index >= 15 is 0 Å². The Morgan fingerprint density at radius 3 is 2.50 bits per heavy atom. The second-order valence-corrected chi connectivity index (χ2v) is 5.70. The van der Waals surface area contributed by atoms with Crippen molar-refractivity contribution >= 4 is 11.6 Å². The molecular formula is C20H25NO3. The second kappa shape index (κ2) is 8.96. The van der Waals surface area contributed by atoms with E-state index in [1.54, 1.807) is 0 Å². The Hall–Kier alpha value is -2.49. The summed E-state index contributed by atoms with van der Waals surface area (Å²) in [5.74, 6) is 1.24. The first-order valence-corrected chi connectivity index (χ1v) is 8.39. The minimum Gasteiger partial charge on any atom is -0.491 e. The molecule has 0 fully saturated rings. The molecular weight excluding hydrogens is 302 g/mol. The number of benzene rings is 2. The third-order valence-electron chi connectivity index (χ3n) is 3.73. The van der Waals surface area contributed by atoms with Crippen LogP contribution in [0.2, 0.25) is 0 Å². The minimum absolute atomic E-state index is 0.0259. The molecule has 0 aliphatic rings. The molecule has 1 atom stereocenters. The third-order valence-corrected chi connectivity index (χ3v) is 3.73. The van der Waals surface area contributed by atoms with Crippen molar-refractivity contribution in [1.29, 1.82) is 0 Å². The SMILES string of the molecule is CCc1ccc(OCC(=O)Nc2cccc(OC(C)CC)c2)cc1. The molecule has 0 radical (unpaired) electrons. The quantitative estimate of drug-likeness (QED) is 0.779. The Labute approximate surface area is 143 Å². The van der Waals surface area contributed by atoms with Gasteiger partial charge in [-0.2, -0.15) is 0 Å². The van der Waals surface area contributed by atoms with Gasteiger partial charge >= 0.3 is 0 Å². The lowest BCUT2D eigenvalue weighted by molar-refractivity contribution is -0.118. The van der Waals surface area contributed by atoms with Crippen LogP contribution in [0.25, 0.3) is 0 Å². The Morgan fingerprint density at radius 2 is 1.83 bits per heavy atom. The standard InChI is InChI=1S/C20H25NO3/c1-4-15(3)24-19-8-6-7-17(13-19)21-20(22)14-23-18-11-9-16(5-2)10-12-18/h6-13,15H,4-5,14H2,1-3H3,(H,21,22). The average Bonchev–Trinajstić information content (AvgIpc) is 2.60. The summed E-state index contributed by atoms with van der Waals surface area (Å²) < 4.78 is 11.3. The van der Waals surface area contributed by atoms with Crippen molar-refractivity contribution in [2.75, 3.05) is 11.9 Å². The van der Waals surface area contributed by atoms with Crippen LogP contribution in [0.1, 0.15) is 32.8 Å². The first-order chi connectivity index (χ1) is 11.6. The molecule has 1 unspecified atom stereocenters. The molecule has 0 bridgehead atoms. The van der Waals surface area contributed by atoms with Gasteiger partial charge in [-0.1, -0.05) is 32.0 Å². The van der Waals surface area contributed by atoms with Gasteiger partial charge in [0.2, 0.25) is 0 Å². The van der Waals surface area contributed by atoms with Crippen LogP contribution in [0.4, 0.5) is 5.69 Å². The van der Waals surface area contributed by atoms with E-state index in [2.05, 4.69) is 19.2 Å². The number of rotatable bonds is 8. The largest absolute Gasteiger partial charge is 0.491 e. The number of aryl methyl sites for hydroxylation is 1. The van der Waals surface area contributed by atoms with E-state index in [4.69, 9.17) is 9.47 Å². The second-order valence-electron chi connectivity index (χ2n) is 5.70. The lowest BCUT2D eigenvalue weighted by atomic mass is 10.2. The number of amides is 1. The van der Waals surface area contributed by atoms with Gasteiger partial charge in [-0.3, -0.25) is 4.79 Å². The average molecular weight is 327 g/mol. The van der Waals surface area contributed by atoms with E-state index < -0.39 is 0 Å². The molecule has 2 aromatic rings. The summed E-state index contributed by atoms with van der Waals surface area (Å²) in [7, 11) is 0. The van der Waals surface area contributed by atoms with Crippen molar-refractivity contribution in [3.8, 4) is 11.5 Å². The van der Waals surface area contributed by atoms with Gasteiger partial charge in [0.25, 0.3) is 5.91 Å². The van der Waals surface area contributed by atoms with E-state index in [1.165, 1.54) is 5.56 Å². The normalized spacial score (nSPS) is 11.6. The first-order valence-electron chi connectivity index (χ1n) is 8.39. The lowest BCUT2D eigenvalue weighted by Gasteiger charge is -2.14. The molecule has 24 heavy (non-hydrogen) atoms. The van der Waals surface area contributed by atoms with Gasteiger partial charge in [0.05, 0.1) is 6.10 Å². The highest BCUT2D eigenvalue weighted by Gasteiger charge is 2.06. The van der Waals surface area contributed by atoms with Crippen LogP contribution in [0.15, 0.2) is 48.5 Å². The van der Waals surface area contributed by atoms with Crippen LogP contribution in [-0.2, 0) is 11.2 Å². The maximum atomic E-state index is 12.0. The van der Waals surface area contributed by atoms with Gasteiger partial charge < -0.3 is 14.8 Å². The summed E-state index contributed by atoms with van der Waals surface area (Å²) in [5, 5.41) is 2.82. The Bertz CT molecular complexity index is 652. The zero-order valence-corrected chi connectivity index (χ0v) is 14.5. The van der Waals surface area contributed by atoms with E-state index in [1.807, 2.05) is 55.5 Å². The number of carbonyl (C=O) groups excluding carboxylic acids is 1. The van der Waals surface area contributed by atoms with Gasteiger partial charge in [-0.15, -0.1) is 0 Å². The summed E-state index contributed by atoms with van der Waals surface area (Å²) in [6, 6.07) is 15.2. The maximum absolute atomic E-state index is 12.0. The van der Waals surface area contributed by atoms with Gasteiger partial charge in [0.1, 0.15) is 11.5 Å². The lowest BCUT2D eigenvalue weighted by Crippen LogP contribution is -2.20. The summed E-state index contributed by atoms with van der Waals surface area (Å²) in [6.07, 6.45) is 2.06. The van der Waals surface area contributed by atoms with Crippen LogP contribution >= 0.6 is 0 Å². The van der Waals surface area contributed by atoms with E-state index in [9.17, 15) is 4.79 Å². The Morgan fingerprint density at radius 1 is 1.08 bits per heavy atom. The van der Waals surface area contributed by atoms with Crippen molar-refractivity contribution in [1.82, 2.24) is 0 Å². The van der Waals surface area contributed by atoms with Crippen LogP contribution < -0.4 is 14.8 Å². The molecule has 2 aromatic carbocycles. The minimum atomic E-state index is -0.199. The van der Waals surface area contributed by atoms with Crippen molar-refractivity contribution in [3.63, 3.8) is 0 Å². The summed E-state index contributed by atoms with van der Waals surface area (Å²) in [5.41, 5.74) is 1.94. The molecule has 0 aromatic heterocycles. The smallest absolute Gasteiger partial charge is 0.262 e. The molecule has 0 spiro atoms. The molecule has 4 heteroatoms. The highest BCUT2D eigenvalue weighted by molar-refractivity contribution is 5.92. The van der Waals surface area contributed by atoms with E-state index in [-0.39, 0.29) is 18.6 Å². The zero-order chi connectivity index (χ0) is 17.4. The zero-order valence-electron chi connectivity index (χ0n) is 14.5. The van der Waals surface area contributed by atoms with Crippen molar-refractivity contribution < 1.29 is 14.3 Å². The molecule has 0 aliphatic carbocycles. The van der Waals surface area contributed by atoms with Crippen molar-refractivity contribution in [2.45, 2.75) is 39.7 Å². The molecule has 1 N–H and O–H groups in total. The van der Waals surface area contributed by atoms with Gasteiger partial charge in [0, 0.05) is 11.8 Å². The monoisotopic (exact) mass is 327 g/mol. The van der Waals surface area contributed by atoms with Crippen molar-refractivity contribution in [2.24, 2.45) is 0 Å². The predicted octanol–water partition coefficient (Wildman–Crippen LogP) is 4.44.